The van der Waals surface area contributed by atoms with Crippen molar-refractivity contribution in [2.24, 2.45) is 16.5 Å². The van der Waals surface area contributed by atoms with Crippen LogP contribution in [0.15, 0.2) is 65.7 Å². The monoisotopic (exact) mass is 681 g/mol. The van der Waals surface area contributed by atoms with Crippen LogP contribution in [-0.4, -0.2) is 71.6 Å². The van der Waals surface area contributed by atoms with Gasteiger partial charge in [0.05, 0.1) is 13.1 Å². The topological polar surface area (TPSA) is 163 Å². The highest BCUT2D eigenvalue weighted by Gasteiger charge is 2.31. The standard InChI is InChI=1S/C34H38ClF2N7O4/c1-21-11-12-22(26(35)16-21)13-15-43-20-30(46)44(18-24-7-4-9-27(36)31(24)37)19-29(45)41-17-23-6-2-3-8-25(23)32(47)42-28(33(43)48)10-5-14-40-34(38)39/h2-4,6-9,11-12,16,28H,5,10,13-15,17-20H2,1H3,(H,41,45)(H,42,47)(H4,38,39,40)/t28-/m1/s1. The molecule has 0 saturated carbocycles. The molecule has 254 valence electrons. The van der Waals surface area contributed by atoms with Gasteiger partial charge in [-0.05, 0) is 61.1 Å². The summed E-state index contributed by atoms with van der Waals surface area (Å²) in [5, 5.41) is 5.99. The normalized spacial score (nSPS) is 16.1. The zero-order valence-corrected chi connectivity index (χ0v) is 27.2. The third kappa shape index (κ3) is 9.74. The number of rotatable bonds is 9. The van der Waals surface area contributed by atoms with Gasteiger partial charge in [0.1, 0.15) is 6.04 Å². The number of fused-ring (bicyclic) bond motifs is 1. The van der Waals surface area contributed by atoms with Crippen LogP contribution < -0.4 is 22.1 Å². The summed E-state index contributed by atoms with van der Waals surface area (Å²) in [4.78, 5) is 61.2. The summed E-state index contributed by atoms with van der Waals surface area (Å²) in [6.45, 7) is 0.551. The third-order valence-corrected chi connectivity index (χ3v) is 8.22. The first kappa shape index (κ1) is 35.8. The zero-order valence-electron chi connectivity index (χ0n) is 26.5. The summed E-state index contributed by atoms with van der Waals surface area (Å²) in [5.74, 6) is -4.79. The number of nitrogens with zero attached hydrogens (tertiary/aromatic N) is 3. The number of halogens is 3. The average Bonchev–Trinajstić information content (AvgIpc) is 3.05. The number of carbonyl (C=O) groups is 4. The van der Waals surface area contributed by atoms with Gasteiger partial charge >= 0.3 is 0 Å². The van der Waals surface area contributed by atoms with Crippen molar-refractivity contribution < 1.29 is 28.0 Å². The van der Waals surface area contributed by atoms with Crippen molar-refractivity contribution in [2.45, 2.75) is 45.3 Å². The van der Waals surface area contributed by atoms with Crippen molar-refractivity contribution in [3.05, 3.63) is 105 Å². The maximum Gasteiger partial charge on any atom is 0.252 e. The molecule has 14 heteroatoms. The first-order valence-corrected chi connectivity index (χ1v) is 15.8. The lowest BCUT2D eigenvalue weighted by Gasteiger charge is -2.31. The Morgan fingerprint density at radius 1 is 0.979 bits per heavy atom. The summed E-state index contributed by atoms with van der Waals surface area (Å²) in [5.41, 5.74) is 13.2. The van der Waals surface area contributed by atoms with Gasteiger partial charge in [0, 0.05) is 42.3 Å². The van der Waals surface area contributed by atoms with Crippen LogP contribution in [0.2, 0.25) is 5.02 Å². The van der Waals surface area contributed by atoms with Crippen LogP contribution in [-0.2, 0) is 33.9 Å². The number of benzene rings is 3. The van der Waals surface area contributed by atoms with E-state index in [0.29, 0.717) is 17.0 Å². The molecule has 0 radical (unpaired) electrons. The molecule has 0 saturated heterocycles. The first-order valence-electron chi connectivity index (χ1n) is 15.4. The second kappa shape index (κ2) is 16.7. The van der Waals surface area contributed by atoms with Gasteiger partial charge < -0.3 is 31.9 Å². The van der Waals surface area contributed by atoms with Crippen LogP contribution in [0.1, 0.15) is 45.5 Å². The van der Waals surface area contributed by atoms with E-state index in [-0.39, 0.29) is 49.6 Å². The number of hydrogen-bond donors (Lipinski definition) is 4. The molecule has 48 heavy (non-hydrogen) atoms. The van der Waals surface area contributed by atoms with Gasteiger partial charge in [-0.15, -0.1) is 0 Å². The van der Waals surface area contributed by atoms with Crippen LogP contribution in [0.4, 0.5) is 8.78 Å². The Morgan fingerprint density at radius 2 is 1.75 bits per heavy atom. The van der Waals surface area contributed by atoms with Gasteiger partial charge in [-0.3, -0.25) is 24.2 Å². The van der Waals surface area contributed by atoms with E-state index in [1.54, 1.807) is 30.3 Å². The van der Waals surface area contributed by atoms with Gasteiger partial charge in [0.25, 0.3) is 5.91 Å². The lowest BCUT2D eigenvalue weighted by atomic mass is 10.0. The van der Waals surface area contributed by atoms with Gasteiger partial charge in [0.2, 0.25) is 17.7 Å². The van der Waals surface area contributed by atoms with E-state index in [2.05, 4.69) is 15.6 Å². The van der Waals surface area contributed by atoms with Crippen LogP contribution in [0.25, 0.3) is 0 Å². The highest BCUT2D eigenvalue weighted by atomic mass is 35.5. The van der Waals surface area contributed by atoms with Gasteiger partial charge in [-0.1, -0.05) is 54.1 Å². The number of nitrogens with one attached hydrogen (secondary N) is 2. The molecule has 0 bridgehead atoms. The van der Waals surface area contributed by atoms with Crippen molar-refractivity contribution in [3.63, 3.8) is 0 Å². The molecule has 0 aromatic heterocycles. The first-order chi connectivity index (χ1) is 22.9. The van der Waals surface area contributed by atoms with E-state index in [4.69, 9.17) is 23.1 Å². The van der Waals surface area contributed by atoms with Gasteiger partial charge in [-0.25, -0.2) is 8.78 Å². The lowest BCUT2D eigenvalue weighted by Crippen LogP contribution is -2.53. The molecular formula is C34H38ClF2N7O4. The minimum atomic E-state index is -1.15. The third-order valence-electron chi connectivity index (χ3n) is 7.86. The Hall–Kier alpha value is -5.04. The fraction of sp³-hybridized carbons (Fsp3) is 0.324. The number of nitrogens with two attached hydrogens (primary N) is 2. The molecular weight excluding hydrogens is 644 g/mol. The Bertz CT molecular complexity index is 1700. The predicted molar refractivity (Wildman–Crippen MR) is 178 cm³/mol. The second-order valence-electron chi connectivity index (χ2n) is 11.5. The number of amides is 4. The number of guanidine groups is 1. The zero-order chi connectivity index (χ0) is 34.8. The largest absolute Gasteiger partial charge is 0.370 e. The van der Waals surface area contributed by atoms with Crippen LogP contribution in [0.5, 0.6) is 0 Å². The fourth-order valence-corrected chi connectivity index (χ4v) is 5.62. The number of hydrogen-bond acceptors (Lipinski definition) is 5. The molecule has 1 aliphatic rings. The molecule has 6 N–H and O–H groups in total. The summed E-state index contributed by atoms with van der Waals surface area (Å²) < 4.78 is 28.8. The number of aryl methyl sites for hydroxylation is 1. The van der Waals surface area contributed by atoms with E-state index in [0.717, 1.165) is 22.1 Å². The molecule has 4 amide bonds. The molecule has 1 atom stereocenters. The Balaban J connectivity index is 1.73. The maximum atomic E-state index is 14.7. The maximum absolute atomic E-state index is 14.7. The molecule has 1 heterocycles. The quantitative estimate of drug-likeness (QED) is 0.154. The lowest BCUT2D eigenvalue weighted by molar-refractivity contribution is -0.143. The van der Waals surface area contributed by atoms with E-state index >= 15 is 0 Å². The minimum absolute atomic E-state index is 0.0125. The predicted octanol–water partition coefficient (Wildman–Crippen LogP) is 2.81. The number of carbonyl (C=O) groups excluding carboxylic acids is 4. The average molecular weight is 682 g/mol. The molecule has 0 fully saturated rings. The molecule has 4 rings (SSSR count). The summed E-state index contributed by atoms with van der Waals surface area (Å²) in [6, 6.07) is 14.5. The summed E-state index contributed by atoms with van der Waals surface area (Å²) >= 11 is 6.48. The molecule has 1 aliphatic heterocycles. The minimum Gasteiger partial charge on any atom is -0.370 e. The Morgan fingerprint density at radius 3 is 2.50 bits per heavy atom. The van der Waals surface area contributed by atoms with Gasteiger partial charge in [0.15, 0.2) is 17.6 Å². The van der Waals surface area contributed by atoms with Crippen molar-refractivity contribution >= 4 is 41.2 Å². The van der Waals surface area contributed by atoms with Crippen LogP contribution in [0.3, 0.4) is 0 Å². The molecule has 11 nitrogen and oxygen atoms in total. The molecule has 0 aliphatic carbocycles. The van der Waals surface area contributed by atoms with Crippen molar-refractivity contribution in [3.8, 4) is 0 Å². The van der Waals surface area contributed by atoms with Gasteiger partial charge in [-0.2, -0.15) is 0 Å². The van der Waals surface area contributed by atoms with Crippen LogP contribution >= 0.6 is 11.6 Å². The van der Waals surface area contributed by atoms with Crippen molar-refractivity contribution in [1.82, 2.24) is 20.4 Å². The molecule has 0 unspecified atom stereocenters. The van der Waals surface area contributed by atoms with E-state index in [1.165, 1.54) is 17.0 Å². The second-order valence-corrected chi connectivity index (χ2v) is 11.9. The van der Waals surface area contributed by atoms with Crippen molar-refractivity contribution in [1.29, 1.82) is 0 Å². The van der Waals surface area contributed by atoms with Crippen LogP contribution in [0, 0.1) is 18.6 Å². The molecule has 3 aromatic rings. The fourth-order valence-electron chi connectivity index (χ4n) is 5.29. The van der Waals surface area contributed by atoms with E-state index in [1.807, 2.05) is 19.1 Å². The summed E-state index contributed by atoms with van der Waals surface area (Å²) in [7, 11) is 0. The van der Waals surface area contributed by atoms with E-state index in [9.17, 15) is 28.0 Å². The Kier molecular flexibility index (Phi) is 12.4. The SMILES string of the molecule is Cc1ccc(CCN2CC(=O)N(Cc3cccc(F)c3F)CC(=O)NCc3ccccc3C(=O)N[C@H](CCCN=C(N)N)C2=O)c(Cl)c1. The van der Waals surface area contributed by atoms with E-state index < -0.39 is 60.9 Å². The molecule has 3 aromatic carbocycles. The highest BCUT2D eigenvalue weighted by molar-refractivity contribution is 6.31. The summed E-state index contributed by atoms with van der Waals surface area (Å²) in [6.07, 6.45) is 0.714. The van der Waals surface area contributed by atoms with Crippen molar-refractivity contribution in [2.75, 3.05) is 26.2 Å². The Labute approximate surface area is 282 Å². The smallest absolute Gasteiger partial charge is 0.252 e. The number of aliphatic imine (C=N–C) groups is 1. The highest BCUT2D eigenvalue weighted by Crippen LogP contribution is 2.20. The molecule has 0 spiro atoms.